The summed E-state index contributed by atoms with van der Waals surface area (Å²) in [4.78, 5) is 11.9. The Morgan fingerprint density at radius 2 is 1.75 bits per heavy atom. The lowest BCUT2D eigenvalue weighted by molar-refractivity contribution is -0.120. The van der Waals surface area contributed by atoms with Crippen LogP contribution in [0.1, 0.15) is 5.56 Å². The molecule has 0 atom stereocenters. The maximum absolute atomic E-state index is 11.9. The highest BCUT2D eigenvalue weighted by Gasteiger charge is 2.12. The fourth-order valence-corrected chi connectivity index (χ4v) is 2.40. The first-order chi connectivity index (χ1) is 11.7. The topological polar surface area (TPSA) is 71.6 Å². The number of thiocarbonyl (C=S) groups is 1. The molecule has 0 aliphatic carbocycles. The number of carbonyl (C=O) groups is 1. The molecule has 6 nitrogen and oxygen atoms in total. The van der Waals surface area contributed by atoms with E-state index < -0.39 is 0 Å². The number of fused-ring (bicyclic) bond motifs is 1. The minimum atomic E-state index is -0.174. The number of benzene rings is 2. The average Bonchev–Trinajstić information content (AvgIpc) is 2.61. The summed E-state index contributed by atoms with van der Waals surface area (Å²) in [7, 11) is 0. The fourth-order valence-electron chi connectivity index (χ4n) is 2.24. The zero-order chi connectivity index (χ0) is 16.8. The fraction of sp³-hybridized carbons (Fsp3) is 0.176. The van der Waals surface area contributed by atoms with Crippen molar-refractivity contribution in [2.75, 3.05) is 18.5 Å². The number of hydrogen-bond acceptors (Lipinski definition) is 4. The maximum atomic E-state index is 11.9. The van der Waals surface area contributed by atoms with Crippen LogP contribution in [0.3, 0.4) is 0 Å². The summed E-state index contributed by atoms with van der Waals surface area (Å²) in [5.41, 5.74) is 6.92. The third-order valence-electron chi connectivity index (χ3n) is 3.32. The molecule has 0 radical (unpaired) electrons. The van der Waals surface area contributed by atoms with Gasteiger partial charge in [0.15, 0.2) is 16.6 Å². The van der Waals surface area contributed by atoms with E-state index in [-0.39, 0.29) is 17.4 Å². The zero-order valence-electron chi connectivity index (χ0n) is 12.9. The number of hydrazine groups is 1. The zero-order valence-corrected chi connectivity index (χ0v) is 13.7. The summed E-state index contributed by atoms with van der Waals surface area (Å²) in [6.07, 6.45) is 0.278. The van der Waals surface area contributed by atoms with E-state index in [1.807, 2.05) is 42.5 Å². The molecule has 1 amide bonds. The molecule has 24 heavy (non-hydrogen) atoms. The summed E-state index contributed by atoms with van der Waals surface area (Å²) in [5.74, 6) is 1.21. The molecule has 2 aromatic rings. The summed E-state index contributed by atoms with van der Waals surface area (Å²) in [5, 5.41) is 3.27. The van der Waals surface area contributed by atoms with Gasteiger partial charge in [-0.25, -0.2) is 0 Å². The minimum Gasteiger partial charge on any atom is -0.486 e. The Hall–Kier alpha value is -2.80. The van der Waals surface area contributed by atoms with Crippen LogP contribution in [-0.2, 0) is 11.2 Å². The molecule has 1 heterocycles. The van der Waals surface area contributed by atoms with Gasteiger partial charge in [0.25, 0.3) is 0 Å². The van der Waals surface area contributed by atoms with Crippen molar-refractivity contribution in [3.05, 3.63) is 54.1 Å². The van der Waals surface area contributed by atoms with Crippen LogP contribution in [0.15, 0.2) is 48.5 Å². The van der Waals surface area contributed by atoms with Crippen LogP contribution in [-0.4, -0.2) is 24.2 Å². The van der Waals surface area contributed by atoms with Gasteiger partial charge in [0.2, 0.25) is 5.91 Å². The van der Waals surface area contributed by atoms with Crippen LogP contribution in [0.2, 0.25) is 0 Å². The Labute approximate surface area is 145 Å². The first kappa shape index (κ1) is 16.1. The maximum Gasteiger partial charge on any atom is 0.242 e. The number of rotatable bonds is 3. The van der Waals surface area contributed by atoms with E-state index in [9.17, 15) is 4.79 Å². The van der Waals surface area contributed by atoms with E-state index in [2.05, 4.69) is 16.2 Å². The second kappa shape index (κ2) is 7.65. The highest BCUT2D eigenvalue weighted by atomic mass is 32.1. The van der Waals surface area contributed by atoms with E-state index in [1.165, 1.54) is 0 Å². The second-order valence-electron chi connectivity index (χ2n) is 5.15. The summed E-state index contributed by atoms with van der Waals surface area (Å²) < 4.78 is 11.0. The van der Waals surface area contributed by atoms with Crippen molar-refractivity contribution in [2.24, 2.45) is 0 Å². The number of nitrogens with one attached hydrogen (secondary N) is 3. The van der Waals surface area contributed by atoms with Crippen LogP contribution < -0.4 is 25.6 Å². The molecule has 3 N–H and O–H groups in total. The van der Waals surface area contributed by atoms with Crippen molar-refractivity contribution in [2.45, 2.75) is 6.42 Å². The van der Waals surface area contributed by atoms with Gasteiger partial charge >= 0.3 is 0 Å². The monoisotopic (exact) mass is 343 g/mol. The van der Waals surface area contributed by atoms with Crippen molar-refractivity contribution in [1.29, 1.82) is 0 Å². The van der Waals surface area contributed by atoms with Gasteiger partial charge in [0, 0.05) is 11.8 Å². The molecule has 7 heteroatoms. The standard InChI is InChI=1S/C17H17N3O3S/c21-16(10-12-4-2-1-3-5-12)19-20-17(24)18-13-6-7-14-15(11-13)23-9-8-22-14/h1-7,11H,8-10H2,(H,19,21)(H2,18,20,24). The van der Waals surface area contributed by atoms with Crippen LogP contribution in [0, 0.1) is 0 Å². The molecule has 3 rings (SSSR count). The lowest BCUT2D eigenvalue weighted by Gasteiger charge is -2.19. The third kappa shape index (κ3) is 4.36. The molecule has 0 saturated carbocycles. The van der Waals surface area contributed by atoms with E-state index in [0.29, 0.717) is 24.7 Å². The van der Waals surface area contributed by atoms with Gasteiger partial charge < -0.3 is 14.8 Å². The molecule has 0 aromatic heterocycles. The Balaban J connectivity index is 1.48. The smallest absolute Gasteiger partial charge is 0.242 e. The molecule has 124 valence electrons. The highest BCUT2D eigenvalue weighted by Crippen LogP contribution is 2.32. The largest absolute Gasteiger partial charge is 0.486 e. The van der Waals surface area contributed by atoms with E-state index in [1.54, 1.807) is 6.07 Å². The molecule has 0 bridgehead atoms. The summed E-state index contributed by atoms with van der Waals surface area (Å²) in [6, 6.07) is 14.9. The average molecular weight is 343 g/mol. The molecule has 2 aromatic carbocycles. The third-order valence-corrected chi connectivity index (χ3v) is 3.53. The molecular weight excluding hydrogens is 326 g/mol. The molecule has 0 fully saturated rings. The van der Waals surface area contributed by atoms with E-state index in [4.69, 9.17) is 21.7 Å². The van der Waals surface area contributed by atoms with Crippen molar-refractivity contribution >= 4 is 28.9 Å². The van der Waals surface area contributed by atoms with Crippen LogP contribution in [0.5, 0.6) is 11.5 Å². The van der Waals surface area contributed by atoms with Gasteiger partial charge in [-0.2, -0.15) is 0 Å². The Morgan fingerprint density at radius 1 is 1.00 bits per heavy atom. The van der Waals surface area contributed by atoms with Gasteiger partial charge in [0.1, 0.15) is 13.2 Å². The van der Waals surface area contributed by atoms with Gasteiger partial charge in [-0.1, -0.05) is 30.3 Å². The van der Waals surface area contributed by atoms with Crippen molar-refractivity contribution in [3.8, 4) is 11.5 Å². The molecule has 1 aliphatic heterocycles. The molecule has 0 spiro atoms. The van der Waals surface area contributed by atoms with Crippen molar-refractivity contribution < 1.29 is 14.3 Å². The van der Waals surface area contributed by atoms with Gasteiger partial charge in [-0.3, -0.25) is 15.6 Å². The first-order valence-electron chi connectivity index (χ1n) is 7.50. The van der Waals surface area contributed by atoms with Crippen LogP contribution in [0.25, 0.3) is 0 Å². The molecular formula is C17H17N3O3S. The predicted octanol–water partition coefficient (Wildman–Crippen LogP) is 2.02. The number of hydrogen-bond donors (Lipinski definition) is 3. The van der Waals surface area contributed by atoms with Crippen molar-refractivity contribution in [3.63, 3.8) is 0 Å². The highest BCUT2D eigenvalue weighted by molar-refractivity contribution is 7.80. The van der Waals surface area contributed by atoms with Gasteiger partial charge in [0.05, 0.1) is 6.42 Å². The normalized spacial score (nSPS) is 12.2. The number of carbonyl (C=O) groups excluding carboxylic acids is 1. The number of amides is 1. The molecule has 0 unspecified atom stereocenters. The van der Waals surface area contributed by atoms with Gasteiger partial charge in [-0.15, -0.1) is 0 Å². The number of ether oxygens (including phenoxy) is 2. The second-order valence-corrected chi connectivity index (χ2v) is 5.56. The summed E-state index contributed by atoms with van der Waals surface area (Å²) in [6.45, 7) is 1.07. The molecule has 0 saturated heterocycles. The summed E-state index contributed by atoms with van der Waals surface area (Å²) >= 11 is 5.16. The van der Waals surface area contributed by atoms with E-state index in [0.717, 1.165) is 11.3 Å². The Morgan fingerprint density at radius 3 is 2.54 bits per heavy atom. The molecule has 1 aliphatic rings. The number of anilines is 1. The van der Waals surface area contributed by atoms with Gasteiger partial charge in [-0.05, 0) is 29.9 Å². The van der Waals surface area contributed by atoms with Crippen LogP contribution >= 0.6 is 12.2 Å². The van der Waals surface area contributed by atoms with E-state index >= 15 is 0 Å². The Kier molecular flexibility index (Phi) is 5.12. The predicted molar refractivity (Wildman–Crippen MR) is 95.1 cm³/mol. The Bertz CT molecular complexity index is 737. The van der Waals surface area contributed by atoms with Crippen molar-refractivity contribution in [1.82, 2.24) is 10.9 Å². The first-order valence-corrected chi connectivity index (χ1v) is 7.91. The SMILES string of the molecule is O=C(Cc1ccccc1)NNC(=S)Nc1ccc2c(c1)OCCO2. The minimum absolute atomic E-state index is 0.174. The van der Waals surface area contributed by atoms with Crippen LogP contribution in [0.4, 0.5) is 5.69 Å². The quantitative estimate of drug-likeness (QED) is 0.585. The lowest BCUT2D eigenvalue weighted by atomic mass is 10.1. The lowest BCUT2D eigenvalue weighted by Crippen LogP contribution is -2.44.